The maximum Gasteiger partial charge on any atom is 0.174 e. The number of rotatable bonds is 3. The minimum Gasteiger partial charge on any atom is -0.378 e. The second-order valence-electron chi connectivity index (χ2n) is 3.09. The molecule has 2 rings (SSSR count). The molecule has 0 saturated heterocycles. The molecule has 0 aliphatic carbocycles. The van der Waals surface area contributed by atoms with Crippen LogP contribution in [0.2, 0.25) is 10.3 Å². The highest BCUT2D eigenvalue weighted by Gasteiger charge is 2.03. The predicted octanol–water partition coefficient (Wildman–Crippen LogP) is 2.79. The Morgan fingerprint density at radius 3 is 2.88 bits per heavy atom. The third-order valence-electron chi connectivity index (χ3n) is 1.92. The molecule has 0 fully saturated rings. The molecule has 4 nitrogen and oxygen atoms in total. The monoisotopic (exact) mass is 254 g/mol. The van der Waals surface area contributed by atoms with E-state index in [1.165, 1.54) is 0 Å². The van der Waals surface area contributed by atoms with Gasteiger partial charge in [0.05, 0.1) is 5.69 Å². The SMILES string of the molecule is Clc1cc(NCc2cccnc2)c(Cl)nn1. The Morgan fingerprint density at radius 2 is 2.12 bits per heavy atom. The Hall–Kier alpha value is -1.39. The van der Waals surface area contributed by atoms with Crippen molar-refractivity contribution in [1.29, 1.82) is 0 Å². The van der Waals surface area contributed by atoms with Gasteiger partial charge in [0.25, 0.3) is 0 Å². The summed E-state index contributed by atoms with van der Waals surface area (Å²) in [6.45, 7) is 0.607. The van der Waals surface area contributed by atoms with E-state index in [0.29, 0.717) is 22.5 Å². The van der Waals surface area contributed by atoms with Crippen LogP contribution in [0.15, 0.2) is 30.6 Å². The molecule has 0 aromatic carbocycles. The molecule has 82 valence electrons. The van der Waals surface area contributed by atoms with E-state index in [2.05, 4.69) is 20.5 Å². The fraction of sp³-hybridized carbons (Fsp3) is 0.100. The maximum absolute atomic E-state index is 5.85. The molecule has 2 aromatic rings. The van der Waals surface area contributed by atoms with Crippen molar-refractivity contribution < 1.29 is 0 Å². The van der Waals surface area contributed by atoms with E-state index >= 15 is 0 Å². The Labute approximate surface area is 103 Å². The van der Waals surface area contributed by atoms with Gasteiger partial charge in [-0.1, -0.05) is 29.3 Å². The van der Waals surface area contributed by atoms with Crippen LogP contribution < -0.4 is 5.32 Å². The van der Waals surface area contributed by atoms with E-state index in [0.717, 1.165) is 5.56 Å². The van der Waals surface area contributed by atoms with Gasteiger partial charge in [0.2, 0.25) is 0 Å². The minimum atomic E-state index is 0.299. The molecule has 2 aromatic heterocycles. The number of aromatic nitrogens is 3. The molecule has 0 aliphatic rings. The van der Waals surface area contributed by atoms with Crippen LogP contribution in [0.4, 0.5) is 5.69 Å². The van der Waals surface area contributed by atoms with Crippen molar-refractivity contribution in [2.45, 2.75) is 6.54 Å². The van der Waals surface area contributed by atoms with Crippen LogP contribution in [-0.2, 0) is 6.54 Å². The van der Waals surface area contributed by atoms with Crippen LogP contribution in [0, 0.1) is 0 Å². The number of anilines is 1. The highest BCUT2D eigenvalue weighted by molar-refractivity contribution is 6.33. The van der Waals surface area contributed by atoms with Gasteiger partial charge in [-0.25, -0.2) is 0 Å². The van der Waals surface area contributed by atoms with Gasteiger partial charge in [0, 0.05) is 25.0 Å². The van der Waals surface area contributed by atoms with Crippen molar-refractivity contribution in [3.05, 3.63) is 46.5 Å². The zero-order chi connectivity index (χ0) is 11.4. The molecule has 0 saturated carbocycles. The average Bonchev–Trinajstić information content (AvgIpc) is 2.32. The molecule has 16 heavy (non-hydrogen) atoms. The molecular weight excluding hydrogens is 247 g/mol. The van der Waals surface area contributed by atoms with E-state index in [4.69, 9.17) is 23.2 Å². The van der Waals surface area contributed by atoms with Crippen molar-refractivity contribution >= 4 is 28.9 Å². The Bertz CT molecular complexity index is 476. The van der Waals surface area contributed by atoms with Gasteiger partial charge in [-0.05, 0) is 11.6 Å². The van der Waals surface area contributed by atoms with Gasteiger partial charge in [-0.15, -0.1) is 10.2 Å². The van der Waals surface area contributed by atoms with Crippen molar-refractivity contribution in [1.82, 2.24) is 15.2 Å². The van der Waals surface area contributed by atoms with Crippen LogP contribution in [0.25, 0.3) is 0 Å². The highest BCUT2D eigenvalue weighted by atomic mass is 35.5. The molecule has 0 aliphatic heterocycles. The van der Waals surface area contributed by atoms with Crippen LogP contribution in [0.3, 0.4) is 0 Å². The van der Waals surface area contributed by atoms with E-state index < -0.39 is 0 Å². The quantitative estimate of drug-likeness (QED) is 0.916. The largest absolute Gasteiger partial charge is 0.378 e. The minimum absolute atomic E-state index is 0.299. The summed E-state index contributed by atoms with van der Waals surface area (Å²) in [6, 6.07) is 5.47. The summed E-state index contributed by atoms with van der Waals surface area (Å²) in [7, 11) is 0. The van der Waals surface area contributed by atoms with Crippen molar-refractivity contribution in [2.24, 2.45) is 0 Å². The molecule has 1 N–H and O–H groups in total. The van der Waals surface area contributed by atoms with E-state index in [9.17, 15) is 0 Å². The third-order valence-corrected chi connectivity index (χ3v) is 2.39. The van der Waals surface area contributed by atoms with Crippen LogP contribution in [0.5, 0.6) is 0 Å². The lowest BCUT2D eigenvalue weighted by Crippen LogP contribution is -2.01. The highest BCUT2D eigenvalue weighted by Crippen LogP contribution is 2.21. The second-order valence-corrected chi connectivity index (χ2v) is 3.83. The zero-order valence-electron chi connectivity index (χ0n) is 8.19. The van der Waals surface area contributed by atoms with Crippen LogP contribution >= 0.6 is 23.2 Å². The number of pyridine rings is 1. The molecule has 0 amide bonds. The smallest absolute Gasteiger partial charge is 0.174 e. The molecule has 2 heterocycles. The number of halogens is 2. The summed E-state index contributed by atoms with van der Waals surface area (Å²) < 4.78 is 0. The summed E-state index contributed by atoms with van der Waals surface area (Å²) in [5.74, 6) is 0. The van der Waals surface area contributed by atoms with Crippen LogP contribution in [0.1, 0.15) is 5.56 Å². The molecule has 0 radical (unpaired) electrons. The van der Waals surface area contributed by atoms with Crippen molar-refractivity contribution in [3.8, 4) is 0 Å². The fourth-order valence-corrected chi connectivity index (χ4v) is 1.48. The second kappa shape index (κ2) is 5.09. The summed E-state index contributed by atoms with van der Waals surface area (Å²) in [5, 5.41) is 11.0. The summed E-state index contributed by atoms with van der Waals surface area (Å²) in [6.07, 6.45) is 3.50. The van der Waals surface area contributed by atoms with Crippen molar-refractivity contribution in [2.75, 3.05) is 5.32 Å². The maximum atomic E-state index is 5.85. The Balaban J connectivity index is 2.08. The van der Waals surface area contributed by atoms with Gasteiger partial charge >= 0.3 is 0 Å². The van der Waals surface area contributed by atoms with Crippen LogP contribution in [-0.4, -0.2) is 15.2 Å². The van der Waals surface area contributed by atoms with Crippen molar-refractivity contribution in [3.63, 3.8) is 0 Å². The topological polar surface area (TPSA) is 50.7 Å². The summed E-state index contributed by atoms with van der Waals surface area (Å²) in [5.41, 5.74) is 1.71. The lowest BCUT2D eigenvalue weighted by molar-refractivity contribution is 1.02. The first-order valence-electron chi connectivity index (χ1n) is 4.57. The predicted molar refractivity (Wildman–Crippen MR) is 63.6 cm³/mol. The normalized spacial score (nSPS) is 10.1. The molecule has 6 heteroatoms. The molecule has 0 atom stereocenters. The first-order chi connectivity index (χ1) is 7.75. The lowest BCUT2D eigenvalue weighted by atomic mass is 10.3. The number of nitrogens with one attached hydrogen (secondary N) is 1. The molecule has 0 unspecified atom stereocenters. The number of hydrogen-bond donors (Lipinski definition) is 1. The van der Waals surface area contributed by atoms with Gasteiger partial charge in [0.15, 0.2) is 10.3 Å². The molecule has 0 bridgehead atoms. The summed E-state index contributed by atoms with van der Waals surface area (Å²) in [4.78, 5) is 4.01. The Morgan fingerprint density at radius 1 is 1.25 bits per heavy atom. The first-order valence-corrected chi connectivity index (χ1v) is 5.33. The Kier molecular flexibility index (Phi) is 3.54. The summed E-state index contributed by atoms with van der Waals surface area (Å²) >= 11 is 11.6. The van der Waals surface area contributed by atoms with E-state index in [1.54, 1.807) is 18.5 Å². The van der Waals surface area contributed by atoms with Gasteiger partial charge in [-0.3, -0.25) is 4.98 Å². The van der Waals surface area contributed by atoms with E-state index in [-0.39, 0.29) is 0 Å². The number of nitrogens with zero attached hydrogens (tertiary/aromatic N) is 3. The average molecular weight is 255 g/mol. The standard InChI is InChI=1S/C10H8Cl2N4/c11-9-4-8(10(12)16-15-9)14-6-7-2-1-3-13-5-7/h1-5H,6H2,(H,14,15). The lowest BCUT2D eigenvalue weighted by Gasteiger charge is -2.06. The number of hydrogen-bond acceptors (Lipinski definition) is 4. The van der Waals surface area contributed by atoms with Gasteiger partial charge in [0.1, 0.15) is 0 Å². The molecule has 0 spiro atoms. The van der Waals surface area contributed by atoms with Gasteiger partial charge < -0.3 is 5.32 Å². The first kappa shape index (κ1) is 11.1. The fourth-order valence-electron chi connectivity index (χ4n) is 1.18. The van der Waals surface area contributed by atoms with E-state index in [1.807, 2.05) is 12.1 Å². The zero-order valence-corrected chi connectivity index (χ0v) is 9.70. The third kappa shape index (κ3) is 2.81. The molecular formula is C10H8Cl2N4. The van der Waals surface area contributed by atoms with Gasteiger partial charge in [-0.2, -0.15) is 0 Å².